The fourth-order valence-electron chi connectivity index (χ4n) is 3.47. The molecule has 0 spiro atoms. The number of furan rings is 1. The molecule has 1 unspecified atom stereocenters. The third-order valence-corrected chi connectivity index (χ3v) is 5.97. The van der Waals surface area contributed by atoms with Gasteiger partial charge in [0, 0.05) is 37.3 Å². The van der Waals surface area contributed by atoms with Crippen LogP contribution in [0.25, 0.3) is 0 Å². The zero-order valence-corrected chi connectivity index (χ0v) is 16.2. The number of nitrogens with zero attached hydrogens (tertiary/aromatic N) is 3. The highest BCUT2D eigenvalue weighted by atomic mass is 32.1. The molecule has 0 amide bonds. The van der Waals surface area contributed by atoms with Crippen molar-refractivity contribution in [3.8, 4) is 0 Å². The van der Waals surface area contributed by atoms with Gasteiger partial charge in [-0.1, -0.05) is 6.42 Å². The van der Waals surface area contributed by atoms with E-state index in [0.29, 0.717) is 6.04 Å². The molecule has 6 heteroatoms. The number of nitrogens with one attached hydrogen (secondary N) is 1. The van der Waals surface area contributed by atoms with E-state index in [-0.39, 0.29) is 0 Å². The Kier molecular flexibility index (Phi) is 6.90. The molecule has 138 valence electrons. The molecule has 0 radical (unpaired) electrons. The van der Waals surface area contributed by atoms with Crippen LogP contribution in [0.1, 0.15) is 49.8 Å². The average molecular weight is 363 g/mol. The Hall–Kier alpha value is -1.37. The smallest absolute Gasteiger partial charge is 0.185 e. The number of thiazole rings is 1. The lowest BCUT2D eigenvalue weighted by molar-refractivity contribution is 0.142. The minimum Gasteiger partial charge on any atom is -0.468 e. The van der Waals surface area contributed by atoms with Crippen molar-refractivity contribution < 1.29 is 4.42 Å². The van der Waals surface area contributed by atoms with Gasteiger partial charge < -0.3 is 14.6 Å². The maximum absolute atomic E-state index is 5.72. The maximum atomic E-state index is 5.72. The highest BCUT2D eigenvalue weighted by molar-refractivity contribution is 7.15. The Morgan fingerprint density at radius 3 is 2.76 bits per heavy atom. The molecule has 0 bridgehead atoms. The second-order valence-corrected chi connectivity index (χ2v) is 7.63. The Morgan fingerprint density at radius 1 is 1.28 bits per heavy atom. The Morgan fingerprint density at radius 2 is 2.08 bits per heavy atom. The Labute approximate surface area is 155 Å². The molecule has 1 fully saturated rings. The lowest BCUT2D eigenvalue weighted by atomic mass is 10.1. The summed E-state index contributed by atoms with van der Waals surface area (Å²) < 4.78 is 5.72. The van der Waals surface area contributed by atoms with E-state index in [1.165, 1.54) is 37.2 Å². The van der Waals surface area contributed by atoms with E-state index in [9.17, 15) is 0 Å². The summed E-state index contributed by atoms with van der Waals surface area (Å²) >= 11 is 1.79. The van der Waals surface area contributed by atoms with E-state index in [0.717, 1.165) is 37.1 Å². The van der Waals surface area contributed by atoms with Crippen molar-refractivity contribution >= 4 is 16.5 Å². The first-order valence-electron chi connectivity index (χ1n) is 9.49. The monoisotopic (exact) mass is 362 g/mol. The Bertz CT molecular complexity index is 603. The quantitative estimate of drug-likeness (QED) is 0.733. The molecule has 1 N–H and O–H groups in total. The van der Waals surface area contributed by atoms with Crippen LogP contribution in [0.4, 0.5) is 5.13 Å². The molecular formula is C19H30N4OS. The molecule has 0 saturated carbocycles. The van der Waals surface area contributed by atoms with Gasteiger partial charge in [-0.25, -0.2) is 4.98 Å². The lowest BCUT2D eigenvalue weighted by Gasteiger charge is -2.33. The predicted molar refractivity (Wildman–Crippen MR) is 104 cm³/mol. The standard InChI is InChI=1S/C19H30N4OS/c1-3-22(4-2)19-21-14-16(25-19)13-20-15-17(18-9-8-12-24-18)23-10-6-5-7-11-23/h8-9,12,14,17,20H,3-7,10-11,13,15H2,1-2H3. The van der Waals surface area contributed by atoms with E-state index in [4.69, 9.17) is 4.42 Å². The van der Waals surface area contributed by atoms with E-state index >= 15 is 0 Å². The zero-order chi connectivity index (χ0) is 17.5. The van der Waals surface area contributed by atoms with Crippen molar-refractivity contribution in [2.75, 3.05) is 37.6 Å². The highest BCUT2D eigenvalue weighted by Crippen LogP contribution is 2.25. The molecule has 0 aliphatic carbocycles. The van der Waals surface area contributed by atoms with Gasteiger partial charge in [-0.15, -0.1) is 11.3 Å². The van der Waals surface area contributed by atoms with E-state index < -0.39 is 0 Å². The maximum Gasteiger partial charge on any atom is 0.185 e. The highest BCUT2D eigenvalue weighted by Gasteiger charge is 2.24. The van der Waals surface area contributed by atoms with Crippen molar-refractivity contribution in [1.29, 1.82) is 0 Å². The van der Waals surface area contributed by atoms with Crippen LogP contribution in [0, 0.1) is 0 Å². The number of piperidine rings is 1. The normalized spacial score (nSPS) is 16.9. The largest absolute Gasteiger partial charge is 0.468 e. The second kappa shape index (κ2) is 9.36. The van der Waals surface area contributed by atoms with Gasteiger partial charge in [0.25, 0.3) is 0 Å². The topological polar surface area (TPSA) is 44.5 Å². The van der Waals surface area contributed by atoms with Gasteiger partial charge in [-0.05, 0) is 51.9 Å². The van der Waals surface area contributed by atoms with Crippen LogP contribution in [-0.2, 0) is 6.54 Å². The number of rotatable bonds is 9. The first kappa shape index (κ1) is 18.4. The van der Waals surface area contributed by atoms with Crippen LogP contribution < -0.4 is 10.2 Å². The van der Waals surface area contributed by atoms with Crippen LogP contribution in [0.5, 0.6) is 0 Å². The van der Waals surface area contributed by atoms with Crippen molar-refractivity contribution in [2.24, 2.45) is 0 Å². The summed E-state index contributed by atoms with van der Waals surface area (Å²) in [6.07, 6.45) is 7.72. The molecule has 1 aliphatic rings. The van der Waals surface area contributed by atoms with Gasteiger partial charge in [0.15, 0.2) is 5.13 Å². The molecule has 25 heavy (non-hydrogen) atoms. The predicted octanol–water partition coefficient (Wildman–Crippen LogP) is 3.90. The van der Waals surface area contributed by atoms with Crippen molar-refractivity contribution in [3.63, 3.8) is 0 Å². The zero-order valence-electron chi connectivity index (χ0n) is 15.4. The number of hydrogen-bond acceptors (Lipinski definition) is 6. The van der Waals surface area contributed by atoms with Crippen molar-refractivity contribution in [3.05, 3.63) is 35.2 Å². The van der Waals surface area contributed by atoms with Gasteiger partial charge in [-0.2, -0.15) is 0 Å². The minimum absolute atomic E-state index is 0.325. The number of likely N-dealkylation sites (tertiary alicyclic amines) is 1. The average Bonchev–Trinajstić information content (AvgIpc) is 3.33. The first-order chi connectivity index (χ1) is 12.3. The van der Waals surface area contributed by atoms with Gasteiger partial charge in [-0.3, -0.25) is 4.90 Å². The molecular weight excluding hydrogens is 332 g/mol. The molecule has 0 aromatic carbocycles. The fraction of sp³-hybridized carbons (Fsp3) is 0.632. The van der Waals surface area contributed by atoms with Gasteiger partial charge >= 0.3 is 0 Å². The molecule has 2 aromatic heterocycles. The summed E-state index contributed by atoms with van der Waals surface area (Å²) in [5, 5.41) is 4.75. The molecule has 1 aliphatic heterocycles. The van der Waals surface area contributed by atoms with Crippen LogP contribution in [0.2, 0.25) is 0 Å². The van der Waals surface area contributed by atoms with Gasteiger partial charge in [0.1, 0.15) is 5.76 Å². The van der Waals surface area contributed by atoms with E-state index in [1.807, 2.05) is 12.3 Å². The van der Waals surface area contributed by atoms with Crippen LogP contribution in [0.3, 0.4) is 0 Å². The third-order valence-electron chi connectivity index (χ3n) is 4.92. The minimum atomic E-state index is 0.325. The number of hydrogen-bond donors (Lipinski definition) is 1. The summed E-state index contributed by atoms with van der Waals surface area (Å²) in [4.78, 5) is 10.7. The third kappa shape index (κ3) is 4.84. The Balaban J connectivity index is 1.56. The lowest BCUT2D eigenvalue weighted by Crippen LogP contribution is -2.38. The molecule has 3 heterocycles. The second-order valence-electron chi connectivity index (χ2n) is 6.54. The fourth-order valence-corrected chi connectivity index (χ4v) is 4.48. The number of aromatic nitrogens is 1. The van der Waals surface area contributed by atoms with Crippen molar-refractivity contribution in [2.45, 2.75) is 45.7 Å². The number of anilines is 1. The van der Waals surface area contributed by atoms with Crippen LogP contribution >= 0.6 is 11.3 Å². The summed E-state index contributed by atoms with van der Waals surface area (Å²) in [7, 11) is 0. The van der Waals surface area contributed by atoms with E-state index in [1.54, 1.807) is 17.6 Å². The molecule has 1 atom stereocenters. The SMILES string of the molecule is CCN(CC)c1ncc(CNCC(c2ccco2)N2CCCCC2)s1. The summed E-state index contributed by atoms with van der Waals surface area (Å²) in [5.41, 5.74) is 0. The van der Waals surface area contributed by atoms with E-state index in [2.05, 4.69) is 40.0 Å². The molecule has 2 aromatic rings. The van der Waals surface area contributed by atoms with Crippen LogP contribution in [-0.4, -0.2) is 42.6 Å². The van der Waals surface area contributed by atoms with Gasteiger partial charge in [0.05, 0.1) is 12.3 Å². The molecule has 1 saturated heterocycles. The van der Waals surface area contributed by atoms with Crippen LogP contribution in [0.15, 0.2) is 29.0 Å². The molecule has 5 nitrogen and oxygen atoms in total. The summed E-state index contributed by atoms with van der Waals surface area (Å²) in [6, 6.07) is 4.42. The summed E-state index contributed by atoms with van der Waals surface area (Å²) in [6.45, 7) is 10.5. The van der Waals surface area contributed by atoms with Crippen molar-refractivity contribution in [1.82, 2.24) is 15.2 Å². The summed E-state index contributed by atoms with van der Waals surface area (Å²) in [5.74, 6) is 1.07. The van der Waals surface area contributed by atoms with Gasteiger partial charge in [0.2, 0.25) is 0 Å². The first-order valence-corrected chi connectivity index (χ1v) is 10.3. The molecule has 3 rings (SSSR count).